The summed E-state index contributed by atoms with van der Waals surface area (Å²) in [6, 6.07) is 17.0. The first-order valence-electron chi connectivity index (χ1n) is 8.76. The fourth-order valence-electron chi connectivity index (χ4n) is 2.31. The first kappa shape index (κ1) is 22.4. The highest BCUT2D eigenvalue weighted by Crippen LogP contribution is 2.07. The lowest BCUT2D eigenvalue weighted by Gasteiger charge is -2.13. The van der Waals surface area contributed by atoms with Gasteiger partial charge < -0.3 is 15.4 Å². The van der Waals surface area contributed by atoms with Crippen LogP contribution in [0.5, 0.6) is 0 Å². The predicted octanol–water partition coefficient (Wildman–Crippen LogP) is 4.40. The number of aliphatic imine (C=N–C) groups is 1. The monoisotopic (exact) mass is 467 g/mol. The molecule has 0 saturated carbocycles. The first-order valence-corrected chi connectivity index (χ1v) is 8.76. The maximum atomic E-state index is 5.62. The molecule has 2 N–H and O–H groups in total. The summed E-state index contributed by atoms with van der Waals surface area (Å²) in [6.07, 6.45) is 0.254. The van der Waals surface area contributed by atoms with Crippen molar-refractivity contribution >= 4 is 29.9 Å². The molecule has 0 aliphatic carbocycles. The van der Waals surface area contributed by atoms with Crippen LogP contribution in [0.1, 0.15) is 36.1 Å². The lowest BCUT2D eigenvalue weighted by Crippen LogP contribution is -2.36. The van der Waals surface area contributed by atoms with Crippen LogP contribution in [-0.2, 0) is 24.4 Å². The van der Waals surface area contributed by atoms with E-state index < -0.39 is 0 Å². The van der Waals surface area contributed by atoms with E-state index in [2.05, 4.69) is 71.1 Å². The van der Waals surface area contributed by atoms with Gasteiger partial charge in [-0.2, -0.15) is 0 Å². The lowest BCUT2D eigenvalue weighted by atomic mass is 10.1. The number of benzene rings is 2. The highest BCUT2D eigenvalue weighted by Gasteiger charge is 2.01. The summed E-state index contributed by atoms with van der Waals surface area (Å²) in [5, 5.41) is 6.68. The van der Waals surface area contributed by atoms with Crippen LogP contribution in [0.3, 0.4) is 0 Å². The molecule has 0 saturated heterocycles. The Morgan fingerprint density at radius 2 is 1.35 bits per heavy atom. The molecule has 0 spiro atoms. The molecule has 0 fully saturated rings. The van der Waals surface area contributed by atoms with Crippen LogP contribution in [-0.4, -0.2) is 19.1 Å². The van der Waals surface area contributed by atoms with Crippen molar-refractivity contribution in [3.63, 3.8) is 0 Å². The van der Waals surface area contributed by atoms with E-state index in [1.165, 1.54) is 22.3 Å². The Labute approximate surface area is 174 Å². The summed E-state index contributed by atoms with van der Waals surface area (Å²) < 4.78 is 5.62. The molecular formula is C21H30IN3O. The second kappa shape index (κ2) is 11.9. The van der Waals surface area contributed by atoms with Gasteiger partial charge in [-0.3, -0.25) is 4.99 Å². The van der Waals surface area contributed by atoms with E-state index in [1.54, 1.807) is 7.05 Å². The Bertz CT molecular complexity index is 667. The van der Waals surface area contributed by atoms with Crippen LogP contribution in [0, 0.1) is 6.92 Å². The minimum absolute atomic E-state index is 0. The average molecular weight is 467 g/mol. The van der Waals surface area contributed by atoms with Crippen LogP contribution in [0.2, 0.25) is 0 Å². The summed E-state index contributed by atoms with van der Waals surface area (Å²) in [6.45, 7) is 8.34. The lowest BCUT2D eigenvalue weighted by molar-refractivity contribution is 0.0657. The van der Waals surface area contributed by atoms with E-state index in [9.17, 15) is 0 Å². The molecule has 2 aromatic carbocycles. The van der Waals surface area contributed by atoms with Crippen molar-refractivity contribution in [3.8, 4) is 0 Å². The van der Waals surface area contributed by atoms with Gasteiger partial charge in [0.1, 0.15) is 0 Å². The minimum atomic E-state index is 0. The van der Waals surface area contributed by atoms with Gasteiger partial charge in [0.05, 0.1) is 12.7 Å². The zero-order valence-electron chi connectivity index (χ0n) is 16.1. The number of nitrogens with one attached hydrogen (secondary N) is 2. The van der Waals surface area contributed by atoms with Gasteiger partial charge in [-0.25, -0.2) is 0 Å². The van der Waals surface area contributed by atoms with Gasteiger partial charge in [0.15, 0.2) is 5.96 Å². The Morgan fingerprint density at radius 1 is 0.885 bits per heavy atom. The second-order valence-corrected chi connectivity index (χ2v) is 6.44. The van der Waals surface area contributed by atoms with Crippen molar-refractivity contribution in [2.45, 2.75) is 46.6 Å². The van der Waals surface area contributed by atoms with Crippen molar-refractivity contribution in [1.82, 2.24) is 10.6 Å². The van der Waals surface area contributed by atoms with Crippen LogP contribution in [0.25, 0.3) is 0 Å². The molecule has 0 bridgehead atoms. The van der Waals surface area contributed by atoms with Crippen molar-refractivity contribution in [3.05, 3.63) is 70.8 Å². The minimum Gasteiger partial charge on any atom is -0.374 e. The van der Waals surface area contributed by atoms with E-state index in [4.69, 9.17) is 4.74 Å². The maximum absolute atomic E-state index is 5.62. The first-order chi connectivity index (χ1) is 12.1. The molecule has 142 valence electrons. The number of rotatable bonds is 7. The van der Waals surface area contributed by atoms with Gasteiger partial charge in [0.2, 0.25) is 0 Å². The summed E-state index contributed by atoms with van der Waals surface area (Å²) in [5.41, 5.74) is 4.92. The van der Waals surface area contributed by atoms with Gasteiger partial charge in [-0.1, -0.05) is 54.1 Å². The van der Waals surface area contributed by atoms with E-state index in [-0.39, 0.29) is 30.1 Å². The predicted molar refractivity (Wildman–Crippen MR) is 120 cm³/mol. The number of hydrogen-bond acceptors (Lipinski definition) is 2. The Balaban J connectivity index is 0.00000338. The number of halogens is 1. The third-order valence-corrected chi connectivity index (χ3v) is 3.87. The van der Waals surface area contributed by atoms with Crippen molar-refractivity contribution in [2.24, 2.45) is 4.99 Å². The molecule has 0 atom stereocenters. The van der Waals surface area contributed by atoms with E-state index in [1.807, 2.05) is 13.8 Å². The number of ether oxygens (including phenoxy) is 1. The number of guanidine groups is 1. The molecule has 5 heteroatoms. The van der Waals surface area contributed by atoms with E-state index >= 15 is 0 Å². The van der Waals surface area contributed by atoms with Crippen LogP contribution >= 0.6 is 24.0 Å². The summed E-state index contributed by atoms with van der Waals surface area (Å²) >= 11 is 0. The maximum Gasteiger partial charge on any atom is 0.191 e. The smallest absolute Gasteiger partial charge is 0.191 e. The Hall–Kier alpha value is -1.60. The normalized spacial score (nSPS) is 11.2. The Morgan fingerprint density at radius 3 is 1.81 bits per heavy atom. The summed E-state index contributed by atoms with van der Waals surface area (Å²) in [4.78, 5) is 4.28. The van der Waals surface area contributed by atoms with Gasteiger partial charge in [-0.15, -0.1) is 24.0 Å². The van der Waals surface area contributed by atoms with E-state index in [0.717, 1.165) is 19.0 Å². The van der Waals surface area contributed by atoms with Crippen molar-refractivity contribution < 1.29 is 4.74 Å². The molecule has 0 aromatic heterocycles. The molecule has 0 unspecified atom stereocenters. The molecule has 2 aromatic rings. The second-order valence-electron chi connectivity index (χ2n) is 6.44. The van der Waals surface area contributed by atoms with Crippen molar-refractivity contribution in [1.29, 1.82) is 0 Å². The van der Waals surface area contributed by atoms with Crippen LogP contribution < -0.4 is 10.6 Å². The highest BCUT2D eigenvalue weighted by molar-refractivity contribution is 14.0. The SMILES string of the molecule is CN=C(NCc1ccc(C)cc1)NCc1ccc(COC(C)C)cc1.I. The molecular weight excluding hydrogens is 437 g/mol. The zero-order valence-corrected chi connectivity index (χ0v) is 18.4. The summed E-state index contributed by atoms with van der Waals surface area (Å²) in [7, 11) is 1.79. The molecule has 0 aliphatic heterocycles. The number of aryl methyl sites for hydroxylation is 1. The fraction of sp³-hybridized carbons (Fsp3) is 0.381. The molecule has 4 nitrogen and oxygen atoms in total. The molecule has 26 heavy (non-hydrogen) atoms. The average Bonchev–Trinajstić information content (AvgIpc) is 2.62. The van der Waals surface area contributed by atoms with Gasteiger partial charge in [0, 0.05) is 20.1 Å². The third kappa shape index (κ3) is 8.19. The molecule has 0 aliphatic rings. The molecule has 0 radical (unpaired) electrons. The van der Waals surface area contributed by atoms with Crippen LogP contribution in [0.4, 0.5) is 0 Å². The third-order valence-electron chi connectivity index (χ3n) is 3.87. The van der Waals surface area contributed by atoms with Crippen molar-refractivity contribution in [2.75, 3.05) is 7.05 Å². The number of nitrogens with zero attached hydrogens (tertiary/aromatic N) is 1. The Kier molecular flexibility index (Phi) is 10.3. The standard InChI is InChI=1S/C21H29N3O.HI/c1-16(2)25-15-20-11-9-19(10-12-20)14-24-21(22-4)23-13-18-7-5-17(3)6-8-18;/h5-12,16H,13-15H2,1-4H3,(H2,22,23,24);1H. The topological polar surface area (TPSA) is 45.7 Å². The largest absolute Gasteiger partial charge is 0.374 e. The van der Waals surface area contributed by atoms with E-state index in [0.29, 0.717) is 6.61 Å². The fourth-order valence-corrected chi connectivity index (χ4v) is 2.31. The molecule has 0 amide bonds. The van der Waals surface area contributed by atoms with Crippen LogP contribution in [0.15, 0.2) is 53.5 Å². The highest BCUT2D eigenvalue weighted by atomic mass is 127. The van der Waals surface area contributed by atoms with Gasteiger partial charge in [0.25, 0.3) is 0 Å². The van der Waals surface area contributed by atoms with Gasteiger partial charge in [-0.05, 0) is 37.5 Å². The van der Waals surface area contributed by atoms with Gasteiger partial charge >= 0.3 is 0 Å². The quantitative estimate of drug-likeness (QED) is 0.361. The molecule has 2 rings (SSSR count). The molecule has 0 heterocycles. The number of hydrogen-bond donors (Lipinski definition) is 2. The summed E-state index contributed by atoms with van der Waals surface area (Å²) in [5.74, 6) is 0.799. The zero-order chi connectivity index (χ0) is 18.1.